The van der Waals surface area contributed by atoms with Gasteiger partial charge in [-0.05, 0) is 0 Å². The van der Waals surface area contributed by atoms with Crippen LogP contribution < -0.4 is 0 Å². The van der Waals surface area contributed by atoms with Crippen LogP contribution in [0.4, 0.5) is 0 Å². The van der Waals surface area contributed by atoms with Crippen LogP contribution >= 0.6 is 17.0 Å². The molecular formula is C43H51Cl2SiZr. The van der Waals surface area contributed by atoms with Crippen molar-refractivity contribution in [1.29, 1.82) is 0 Å². The van der Waals surface area contributed by atoms with Gasteiger partial charge in [0.05, 0.1) is 0 Å². The molecule has 2 aliphatic rings. The first-order valence-electron chi connectivity index (χ1n) is 17.4. The molecular weight excluding hydrogens is 707 g/mol. The topological polar surface area (TPSA) is 0 Å². The van der Waals surface area contributed by atoms with E-state index >= 15 is 0 Å². The number of allylic oxidation sites excluding steroid dienone is 2. The number of fused-ring (bicyclic) bond motifs is 2. The van der Waals surface area contributed by atoms with Crippen LogP contribution in [0.2, 0.25) is 13.1 Å². The molecule has 4 heteroatoms. The summed E-state index contributed by atoms with van der Waals surface area (Å²) in [7, 11) is 17.3. The summed E-state index contributed by atoms with van der Waals surface area (Å²) in [5.74, 6) is -1.29. The SMILES string of the molecule is CC1=Cc2c(-c3ccc(C(C)(C)C)cc3)ccc(C)c2[CH]1[Zr]([Cl])([Cl])([CH]1C(C(C)C)=Cc2c(-c3ccc(C)c(C)c3)cccc21)[SiH](C)C. The van der Waals surface area contributed by atoms with E-state index in [0.29, 0.717) is 5.92 Å². The Bertz CT molecular complexity index is 1950. The predicted octanol–water partition coefficient (Wildman–Crippen LogP) is 13.5. The van der Waals surface area contributed by atoms with E-state index in [2.05, 4.69) is 160 Å². The van der Waals surface area contributed by atoms with Gasteiger partial charge in [-0.25, -0.2) is 0 Å². The average Bonchev–Trinajstić information content (AvgIpc) is 3.59. The first-order valence-corrected chi connectivity index (χ1v) is 33.7. The van der Waals surface area contributed by atoms with E-state index in [1.165, 1.54) is 77.9 Å². The molecule has 0 fully saturated rings. The molecule has 0 heterocycles. The second kappa shape index (κ2) is 12.1. The Morgan fingerprint density at radius 3 is 1.89 bits per heavy atom. The zero-order valence-electron chi connectivity index (χ0n) is 30.1. The molecule has 47 heavy (non-hydrogen) atoms. The number of aryl methyl sites for hydroxylation is 3. The van der Waals surface area contributed by atoms with Gasteiger partial charge in [0.15, 0.2) is 0 Å². The molecule has 2 aliphatic carbocycles. The van der Waals surface area contributed by atoms with Crippen molar-refractivity contribution in [1.82, 2.24) is 0 Å². The minimum atomic E-state index is -4.84. The third-order valence-electron chi connectivity index (χ3n) is 11.5. The summed E-state index contributed by atoms with van der Waals surface area (Å²) in [6, 6.07) is 27.6. The molecule has 0 N–H and O–H groups in total. The molecule has 0 nitrogen and oxygen atoms in total. The van der Waals surface area contributed by atoms with Gasteiger partial charge in [-0.15, -0.1) is 0 Å². The molecule has 6 rings (SSSR count). The maximum atomic E-state index is 8.67. The zero-order valence-corrected chi connectivity index (χ0v) is 35.3. The molecule has 2 atom stereocenters. The number of hydrogen-bond acceptors (Lipinski definition) is 0. The van der Waals surface area contributed by atoms with E-state index < -0.39 is 21.5 Å². The molecule has 4 aromatic carbocycles. The van der Waals surface area contributed by atoms with Crippen LogP contribution in [0, 0.1) is 26.7 Å². The number of rotatable bonds is 6. The summed E-state index contributed by atoms with van der Waals surface area (Å²) in [5.41, 5.74) is 18.7. The predicted molar refractivity (Wildman–Crippen MR) is 209 cm³/mol. The first kappa shape index (κ1) is 34.9. The number of hydrogen-bond donors (Lipinski definition) is 0. The fraction of sp³-hybridized carbons (Fsp3) is 0.349. The molecule has 245 valence electrons. The molecule has 2 unspecified atom stereocenters. The molecule has 0 radical (unpaired) electrons. The molecule has 0 aliphatic heterocycles. The summed E-state index contributed by atoms with van der Waals surface area (Å²) >= 11 is -4.84. The molecule has 0 spiro atoms. The van der Waals surface area contributed by atoms with Gasteiger partial charge >= 0.3 is 295 Å². The molecule has 4 aromatic rings. The summed E-state index contributed by atoms with van der Waals surface area (Å²) in [5, 5.41) is 0. The van der Waals surface area contributed by atoms with Crippen molar-refractivity contribution in [3.05, 3.63) is 128 Å². The van der Waals surface area contributed by atoms with E-state index in [9.17, 15) is 0 Å². The molecule has 0 saturated heterocycles. The van der Waals surface area contributed by atoms with Crippen LogP contribution in [0.1, 0.15) is 93.3 Å². The second-order valence-corrected chi connectivity index (χ2v) is 58.6. The Morgan fingerprint density at radius 1 is 0.681 bits per heavy atom. The number of halogens is 2. The van der Waals surface area contributed by atoms with E-state index in [4.69, 9.17) is 17.0 Å². The fourth-order valence-electron chi connectivity index (χ4n) is 8.47. The van der Waals surface area contributed by atoms with Crippen molar-refractivity contribution < 1.29 is 15.6 Å². The van der Waals surface area contributed by atoms with E-state index in [0.717, 1.165) is 0 Å². The Balaban J connectivity index is 1.57. The van der Waals surface area contributed by atoms with Gasteiger partial charge < -0.3 is 0 Å². The van der Waals surface area contributed by atoms with Crippen LogP contribution in [-0.2, 0) is 21.0 Å². The van der Waals surface area contributed by atoms with Gasteiger partial charge in [0.2, 0.25) is 0 Å². The normalized spacial score (nSPS) is 18.6. The van der Waals surface area contributed by atoms with Gasteiger partial charge in [0.1, 0.15) is 0 Å². The van der Waals surface area contributed by atoms with E-state index in [1.54, 1.807) is 0 Å². The fourth-order valence-corrected chi connectivity index (χ4v) is 40.7. The molecule has 0 amide bonds. The van der Waals surface area contributed by atoms with E-state index in [1.807, 2.05) is 0 Å². The minimum absolute atomic E-state index is 0.0820. The quantitative estimate of drug-likeness (QED) is 0.172. The molecule has 0 bridgehead atoms. The van der Waals surface area contributed by atoms with Crippen molar-refractivity contribution in [3.63, 3.8) is 0 Å². The second-order valence-electron chi connectivity index (χ2n) is 16.1. The third-order valence-corrected chi connectivity index (χ3v) is 63.4. The van der Waals surface area contributed by atoms with Crippen molar-refractivity contribution in [3.8, 4) is 22.3 Å². The van der Waals surface area contributed by atoms with Crippen LogP contribution in [0.25, 0.3) is 34.4 Å². The van der Waals surface area contributed by atoms with Crippen molar-refractivity contribution in [2.24, 2.45) is 5.92 Å². The monoisotopic (exact) mass is 755 g/mol. The van der Waals surface area contributed by atoms with Crippen molar-refractivity contribution in [2.75, 3.05) is 0 Å². The Labute approximate surface area is 293 Å². The Kier molecular flexibility index (Phi) is 9.00. The summed E-state index contributed by atoms with van der Waals surface area (Å²) < 4.78 is 0.167. The first-order chi connectivity index (χ1) is 21.9. The number of benzene rings is 4. The van der Waals surface area contributed by atoms with Crippen molar-refractivity contribution in [2.45, 2.75) is 88.1 Å². The van der Waals surface area contributed by atoms with Gasteiger partial charge in [0, 0.05) is 0 Å². The Hall–Kier alpha value is -1.96. The summed E-state index contributed by atoms with van der Waals surface area (Å²) in [6.45, 7) is 25.4. The van der Waals surface area contributed by atoms with Crippen LogP contribution in [0.5, 0.6) is 0 Å². The van der Waals surface area contributed by atoms with Gasteiger partial charge in [-0.3, -0.25) is 0 Å². The third kappa shape index (κ3) is 5.59. The van der Waals surface area contributed by atoms with Gasteiger partial charge in [0.25, 0.3) is 0 Å². The average molecular weight is 758 g/mol. The summed E-state index contributed by atoms with van der Waals surface area (Å²) in [6.07, 6.45) is 4.92. The van der Waals surface area contributed by atoms with Crippen LogP contribution in [0.3, 0.4) is 0 Å². The zero-order chi connectivity index (χ0) is 34.2. The molecule has 0 saturated carbocycles. The van der Waals surface area contributed by atoms with Crippen LogP contribution in [-0.4, -0.2) is 5.92 Å². The van der Waals surface area contributed by atoms with E-state index in [-0.39, 0.29) is 12.7 Å². The van der Waals surface area contributed by atoms with Gasteiger partial charge in [-0.1, -0.05) is 0 Å². The maximum absolute atomic E-state index is 8.67. The molecule has 0 aromatic heterocycles. The van der Waals surface area contributed by atoms with Crippen LogP contribution in [0.15, 0.2) is 83.9 Å². The standard InChI is InChI=1S/C21H23.C20H21.C2H7Si.2ClH.Zr/c1-14-12-19-15(2)6-11-18(20(19)13-14)16-7-9-17(10-8-16)21(3,4)5;1-13(2)18-11-16-6-5-7-19(20(16)12-18)17-9-8-14(3)15(4)10-17;1-3-2;;;/h6-13H,1-5H3;5-13H,1-4H3;3H,1-2H3;2*1H;/q;;;;;+2/p-2. The summed E-state index contributed by atoms with van der Waals surface area (Å²) in [4.78, 5) is 0. The van der Waals surface area contributed by atoms with Gasteiger partial charge in [-0.2, -0.15) is 0 Å². The van der Waals surface area contributed by atoms with Crippen molar-refractivity contribution >= 4 is 35.1 Å². The Morgan fingerprint density at radius 2 is 1.30 bits per heavy atom.